The number of hydrogen-bond acceptors (Lipinski definition) is 2. The molecule has 4 nitrogen and oxygen atoms in total. The van der Waals surface area contributed by atoms with Gasteiger partial charge < -0.3 is 10.2 Å². The molecule has 0 aromatic heterocycles. The number of rotatable bonds is 10. The van der Waals surface area contributed by atoms with Gasteiger partial charge in [0, 0.05) is 12.0 Å². The molecular weight excluding hydrogens is 352 g/mol. The van der Waals surface area contributed by atoms with Crippen LogP contribution < -0.4 is 0 Å². The first-order chi connectivity index (χ1) is 13.5. The molecule has 0 saturated carbocycles. The lowest BCUT2D eigenvalue weighted by Crippen LogP contribution is -2.02. The number of hydrogen-bond donors (Lipinski definition) is 2. The Hall–Kier alpha value is -2.80. The van der Waals surface area contributed by atoms with Gasteiger partial charge in [-0.15, -0.1) is 0 Å². The average Bonchev–Trinajstić information content (AvgIpc) is 2.68. The smallest absolute Gasteiger partial charge is 0.336 e. The summed E-state index contributed by atoms with van der Waals surface area (Å²) in [5.41, 5.74) is 0.710. The highest BCUT2D eigenvalue weighted by Crippen LogP contribution is 2.25. The highest BCUT2D eigenvalue weighted by Gasteiger charge is 2.15. The number of benzene rings is 2. The van der Waals surface area contributed by atoms with Gasteiger partial charge in [-0.3, -0.25) is 0 Å². The van der Waals surface area contributed by atoms with Crippen molar-refractivity contribution in [2.75, 3.05) is 0 Å². The fourth-order valence-electron chi connectivity index (χ4n) is 3.33. The molecule has 0 atom stereocenters. The summed E-state index contributed by atoms with van der Waals surface area (Å²) >= 11 is 0. The lowest BCUT2D eigenvalue weighted by atomic mass is 9.97. The van der Waals surface area contributed by atoms with Crippen LogP contribution in [0.3, 0.4) is 0 Å². The minimum Gasteiger partial charge on any atom is -0.478 e. The highest BCUT2D eigenvalue weighted by atomic mass is 16.4. The largest absolute Gasteiger partial charge is 0.478 e. The lowest BCUT2D eigenvalue weighted by molar-refractivity contribution is 0.0686. The van der Waals surface area contributed by atoms with E-state index in [9.17, 15) is 19.8 Å². The molecular formula is C24H28O4. The number of carbonyl (C=O) groups is 2. The summed E-state index contributed by atoms with van der Waals surface area (Å²) < 4.78 is 0. The summed E-state index contributed by atoms with van der Waals surface area (Å²) in [6, 6.07) is 7.87. The molecule has 0 fully saturated rings. The summed E-state index contributed by atoms with van der Waals surface area (Å²) in [4.78, 5) is 23.1. The van der Waals surface area contributed by atoms with Crippen molar-refractivity contribution in [3.05, 3.63) is 47.0 Å². The Morgan fingerprint density at radius 3 is 2.11 bits per heavy atom. The van der Waals surface area contributed by atoms with Crippen LogP contribution in [0, 0.1) is 11.8 Å². The molecule has 0 radical (unpaired) electrons. The van der Waals surface area contributed by atoms with Crippen LogP contribution in [0.1, 0.15) is 91.0 Å². The second-order valence-electron chi connectivity index (χ2n) is 7.06. The van der Waals surface area contributed by atoms with Crippen molar-refractivity contribution in [3.63, 3.8) is 0 Å². The molecule has 0 aliphatic heterocycles. The van der Waals surface area contributed by atoms with Crippen LogP contribution in [-0.4, -0.2) is 22.2 Å². The number of carboxylic acid groups (broad SMARTS) is 2. The molecule has 2 aromatic carbocycles. The Morgan fingerprint density at radius 1 is 0.821 bits per heavy atom. The topological polar surface area (TPSA) is 74.6 Å². The Bertz CT molecular complexity index is 887. The molecule has 0 heterocycles. The molecule has 0 aliphatic carbocycles. The van der Waals surface area contributed by atoms with Crippen molar-refractivity contribution < 1.29 is 19.8 Å². The molecule has 2 rings (SSSR count). The second kappa shape index (κ2) is 11.1. The van der Waals surface area contributed by atoms with E-state index < -0.39 is 11.9 Å². The van der Waals surface area contributed by atoms with E-state index in [0.717, 1.165) is 19.3 Å². The molecule has 28 heavy (non-hydrogen) atoms. The van der Waals surface area contributed by atoms with E-state index in [0.29, 0.717) is 16.3 Å². The second-order valence-corrected chi connectivity index (χ2v) is 7.06. The minimum absolute atomic E-state index is 0.0805. The summed E-state index contributed by atoms with van der Waals surface area (Å²) in [5.74, 6) is 3.95. The molecule has 0 spiro atoms. The van der Waals surface area contributed by atoms with E-state index >= 15 is 0 Å². The van der Waals surface area contributed by atoms with E-state index in [1.54, 1.807) is 18.2 Å². The van der Waals surface area contributed by atoms with Crippen LogP contribution in [0.15, 0.2) is 30.3 Å². The third-order valence-corrected chi connectivity index (χ3v) is 4.84. The molecule has 2 aromatic rings. The summed E-state index contributed by atoms with van der Waals surface area (Å²) in [5, 5.41) is 19.7. The maximum atomic E-state index is 11.6. The fraction of sp³-hybridized carbons (Fsp3) is 0.417. The normalized spacial score (nSPS) is 10.5. The zero-order valence-electron chi connectivity index (χ0n) is 16.5. The summed E-state index contributed by atoms with van der Waals surface area (Å²) in [6.45, 7) is 2.22. The molecule has 0 aliphatic rings. The van der Waals surface area contributed by atoms with Gasteiger partial charge in [0.15, 0.2) is 0 Å². The SMILES string of the molecule is CCCCCCCCCCC#Cc1cc(C(=O)O)c2cccc(C(=O)O)c2c1. The van der Waals surface area contributed by atoms with Gasteiger partial charge in [0.05, 0.1) is 11.1 Å². The third kappa shape index (κ3) is 6.13. The van der Waals surface area contributed by atoms with Crippen LogP contribution in [-0.2, 0) is 0 Å². The Morgan fingerprint density at radius 2 is 1.46 bits per heavy atom. The van der Waals surface area contributed by atoms with E-state index in [4.69, 9.17) is 0 Å². The Kier molecular flexibility index (Phi) is 8.55. The number of aromatic carboxylic acids is 2. The predicted molar refractivity (Wildman–Crippen MR) is 112 cm³/mol. The van der Waals surface area contributed by atoms with Crippen molar-refractivity contribution in [3.8, 4) is 11.8 Å². The van der Waals surface area contributed by atoms with Gasteiger partial charge in [0.1, 0.15) is 0 Å². The molecule has 0 amide bonds. The fourth-order valence-corrected chi connectivity index (χ4v) is 3.33. The number of fused-ring (bicyclic) bond motifs is 1. The summed E-state index contributed by atoms with van der Waals surface area (Å²) in [7, 11) is 0. The molecule has 148 valence electrons. The Labute approximate surface area is 166 Å². The molecule has 0 saturated heterocycles. The first-order valence-electron chi connectivity index (χ1n) is 10.1. The van der Waals surface area contributed by atoms with E-state index in [1.165, 1.54) is 50.7 Å². The monoisotopic (exact) mass is 380 g/mol. The quantitative estimate of drug-likeness (QED) is 0.385. The van der Waals surface area contributed by atoms with Crippen molar-refractivity contribution in [2.24, 2.45) is 0 Å². The molecule has 0 unspecified atom stereocenters. The first-order valence-corrected chi connectivity index (χ1v) is 10.1. The molecule has 2 N–H and O–H groups in total. The van der Waals surface area contributed by atoms with E-state index in [1.807, 2.05) is 0 Å². The van der Waals surface area contributed by atoms with Crippen LogP contribution >= 0.6 is 0 Å². The van der Waals surface area contributed by atoms with Gasteiger partial charge in [-0.25, -0.2) is 9.59 Å². The van der Waals surface area contributed by atoms with Crippen molar-refractivity contribution in [2.45, 2.75) is 64.7 Å². The zero-order chi connectivity index (χ0) is 20.4. The highest BCUT2D eigenvalue weighted by molar-refractivity contribution is 6.11. The van der Waals surface area contributed by atoms with Crippen LogP contribution in [0.2, 0.25) is 0 Å². The molecule has 0 bridgehead atoms. The lowest BCUT2D eigenvalue weighted by Gasteiger charge is -2.07. The van der Waals surface area contributed by atoms with Crippen LogP contribution in [0.5, 0.6) is 0 Å². The van der Waals surface area contributed by atoms with Gasteiger partial charge in [-0.1, -0.05) is 75.8 Å². The van der Waals surface area contributed by atoms with Crippen molar-refractivity contribution in [1.29, 1.82) is 0 Å². The van der Waals surface area contributed by atoms with Crippen LogP contribution in [0.4, 0.5) is 0 Å². The van der Waals surface area contributed by atoms with Gasteiger partial charge in [-0.2, -0.15) is 0 Å². The van der Waals surface area contributed by atoms with Gasteiger partial charge >= 0.3 is 11.9 Å². The molecule has 4 heteroatoms. The van der Waals surface area contributed by atoms with E-state index in [2.05, 4.69) is 18.8 Å². The summed E-state index contributed by atoms with van der Waals surface area (Å²) in [6.07, 6.45) is 10.7. The van der Waals surface area contributed by atoms with Crippen molar-refractivity contribution in [1.82, 2.24) is 0 Å². The Balaban J connectivity index is 2.04. The zero-order valence-corrected chi connectivity index (χ0v) is 16.5. The third-order valence-electron chi connectivity index (χ3n) is 4.84. The van der Waals surface area contributed by atoms with Gasteiger partial charge in [0.25, 0.3) is 0 Å². The predicted octanol–water partition coefficient (Wildman–Crippen LogP) is 6.12. The van der Waals surface area contributed by atoms with Crippen molar-refractivity contribution >= 4 is 22.7 Å². The first kappa shape index (κ1) is 21.5. The maximum Gasteiger partial charge on any atom is 0.336 e. The minimum atomic E-state index is -1.08. The van der Waals surface area contributed by atoms with Crippen LogP contribution in [0.25, 0.3) is 10.8 Å². The van der Waals surface area contributed by atoms with E-state index in [-0.39, 0.29) is 11.1 Å². The maximum absolute atomic E-state index is 11.6. The van der Waals surface area contributed by atoms with Gasteiger partial charge in [0.2, 0.25) is 0 Å². The number of unbranched alkanes of at least 4 members (excludes halogenated alkanes) is 8. The standard InChI is InChI=1S/C24H28O4/c1-2-3-4-5-6-7-8-9-10-11-13-18-16-21-19(22(17-18)24(27)28)14-12-15-20(21)23(25)26/h12,14-17H,2-10H2,1H3,(H,25,26)(H,27,28). The average molecular weight is 380 g/mol. The number of carboxylic acids is 2. The van der Waals surface area contributed by atoms with Gasteiger partial charge in [-0.05, 0) is 35.4 Å².